The first-order valence-electron chi connectivity index (χ1n) is 11.8. The van der Waals surface area contributed by atoms with Crippen LogP contribution in [-0.4, -0.2) is 78.9 Å². The Morgan fingerprint density at radius 2 is 1.68 bits per heavy atom. The highest BCUT2D eigenvalue weighted by Gasteiger charge is 2.21. The number of carbonyl (C=O) groups excluding carboxylic acids is 2. The molecule has 0 saturated carbocycles. The predicted octanol–water partition coefficient (Wildman–Crippen LogP) is 3.16. The lowest BCUT2D eigenvalue weighted by molar-refractivity contribution is 0.0303. The maximum atomic E-state index is 13.3. The molecule has 1 aliphatic heterocycles. The van der Waals surface area contributed by atoms with Crippen molar-refractivity contribution in [2.24, 2.45) is 0 Å². The lowest BCUT2D eigenvalue weighted by atomic mass is 10.1. The van der Waals surface area contributed by atoms with E-state index < -0.39 is 0 Å². The molecule has 190 valence electrons. The molecule has 0 bridgehead atoms. The second-order valence-electron chi connectivity index (χ2n) is 8.52. The summed E-state index contributed by atoms with van der Waals surface area (Å²) in [7, 11) is 4.84. The summed E-state index contributed by atoms with van der Waals surface area (Å²) in [6.07, 6.45) is 1.67. The fourth-order valence-corrected chi connectivity index (χ4v) is 4.28. The molecule has 0 aliphatic carbocycles. The van der Waals surface area contributed by atoms with Crippen LogP contribution < -0.4 is 14.4 Å². The van der Waals surface area contributed by atoms with Crippen LogP contribution in [0.3, 0.4) is 0 Å². The van der Waals surface area contributed by atoms with Crippen LogP contribution in [0, 0.1) is 0 Å². The fraction of sp³-hybridized carbons (Fsp3) is 0.259. The second-order valence-corrected chi connectivity index (χ2v) is 8.52. The van der Waals surface area contributed by atoms with Gasteiger partial charge >= 0.3 is 0 Å². The van der Waals surface area contributed by atoms with Crippen LogP contribution in [0.4, 0.5) is 5.69 Å². The Hall–Kier alpha value is -4.44. The molecule has 3 heterocycles. The molecule has 0 atom stereocenters. The van der Waals surface area contributed by atoms with Crippen molar-refractivity contribution < 1.29 is 23.8 Å². The average molecular weight is 502 g/mol. The zero-order valence-electron chi connectivity index (χ0n) is 20.9. The minimum Gasteiger partial charge on any atom is -0.493 e. The molecule has 0 N–H and O–H groups in total. The van der Waals surface area contributed by atoms with Gasteiger partial charge in [-0.25, -0.2) is 9.50 Å². The van der Waals surface area contributed by atoms with E-state index in [4.69, 9.17) is 14.2 Å². The number of benzene rings is 2. The summed E-state index contributed by atoms with van der Waals surface area (Å²) < 4.78 is 17.7. The van der Waals surface area contributed by atoms with Crippen molar-refractivity contribution in [2.45, 2.75) is 0 Å². The van der Waals surface area contributed by atoms with Gasteiger partial charge in [0.25, 0.3) is 11.8 Å². The highest BCUT2D eigenvalue weighted by Crippen LogP contribution is 2.32. The maximum Gasteiger partial charge on any atom is 0.278 e. The Morgan fingerprint density at radius 3 is 2.38 bits per heavy atom. The summed E-state index contributed by atoms with van der Waals surface area (Å²) in [5, 5.41) is 4.56. The second kappa shape index (κ2) is 10.3. The number of hydrogen-bond donors (Lipinski definition) is 0. The summed E-state index contributed by atoms with van der Waals surface area (Å²) in [5.74, 6) is 0.866. The van der Waals surface area contributed by atoms with Gasteiger partial charge in [0.15, 0.2) is 22.8 Å². The van der Waals surface area contributed by atoms with Gasteiger partial charge in [-0.3, -0.25) is 9.59 Å². The van der Waals surface area contributed by atoms with Gasteiger partial charge in [0.1, 0.15) is 0 Å². The quantitative estimate of drug-likeness (QED) is 0.400. The number of ether oxygens (including phenoxy) is 3. The van der Waals surface area contributed by atoms with Gasteiger partial charge in [0, 0.05) is 49.2 Å². The molecule has 10 heteroatoms. The summed E-state index contributed by atoms with van der Waals surface area (Å²) in [6, 6.07) is 16.0. The normalized spacial score (nSPS) is 13.4. The van der Waals surface area contributed by atoms with E-state index >= 15 is 0 Å². The first-order valence-corrected chi connectivity index (χ1v) is 11.8. The van der Waals surface area contributed by atoms with E-state index in [1.165, 1.54) is 4.90 Å². The van der Waals surface area contributed by atoms with Crippen LogP contribution in [0.2, 0.25) is 0 Å². The number of nitrogens with zero attached hydrogens (tertiary/aromatic N) is 5. The topological polar surface area (TPSA) is 98.5 Å². The van der Waals surface area contributed by atoms with Crippen LogP contribution in [0.1, 0.15) is 20.8 Å². The minimum absolute atomic E-state index is 0.0436. The number of carbonyl (C=O) groups is 2. The standard InChI is InChI=1S/C27H27N5O5/c1-30(20-7-4-18(5-8-20)26(33)31-12-14-37-15-13-31)27(34)21-17-25-28-11-10-22(32(25)29-21)19-6-9-23(35-2)24(16-19)36-3/h4-11,16-17H,12-15H2,1-3H3. The van der Waals surface area contributed by atoms with Crippen molar-refractivity contribution in [1.82, 2.24) is 19.5 Å². The van der Waals surface area contributed by atoms with E-state index in [0.717, 1.165) is 11.3 Å². The van der Waals surface area contributed by atoms with Crippen LogP contribution in [0.15, 0.2) is 60.8 Å². The average Bonchev–Trinajstić information content (AvgIpc) is 3.41. The van der Waals surface area contributed by atoms with E-state index in [2.05, 4.69) is 10.1 Å². The largest absolute Gasteiger partial charge is 0.493 e. The molecule has 4 aromatic rings. The molecule has 37 heavy (non-hydrogen) atoms. The number of methoxy groups -OCH3 is 2. The Kier molecular flexibility index (Phi) is 6.74. The molecule has 0 radical (unpaired) electrons. The maximum absolute atomic E-state index is 13.3. The summed E-state index contributed by atoms with van der Waals surface area (Å²) in [4.78, 5) is 33.7. The molecule has 1 fully saturated rings. The first-order chi connectivity index (χ1) is 18.0. The number of fused-ring (bicyclic) bond motifs is 1. The minimum atomic E-state index is -0.295. The van der Waals surface area contributed by atoms with Crippen molar-refractivity contribution in [3.05, 3.63) is 72.1 Å². The third kappa shape index (κ3) is 4.70. The van der Waals surface area contributed by atoms with Crippen molar-refractivity contribution >= 4 is 23.1 Å². The Bertz CT molecular complexity index is 1440. The molecule has 5 rings (SSSR count). The third-order valence-electron chi connectivity index (χ3n) is 6.36. The van der Waals surface area contributed by atoms with Crippen molar-refractivity contribution in [2.75, 3.05) is 52.5 Å². The highest BCUT2D eigenvalue weighted by atomic mass is 16.5. The number of aromatic nitrogens is 3. The summed E-state index contributed by atoms with van der Waals surface area (Å²) in [5.41, 5.74) is 3.59. The Labute approximate surface area is 214 Å². The SMILES string of the molecule is COc1ccc(-c2ccnc3cc(C(=O)N(C)c4ccc(C(=O)N5CCOCC5)cc4)nn23)cc1OC. The van der Waals surface area contributed by atoms with Crippen LogP contribution >= 0.6 is 0 Å². The van der Waals surface area contributed by atoms with Gasteiger partial charge in [-0.1, -0.05) is 0 Å². The van der Waals surface area contributed by atoms with Crippen molar-refractivity contribution in [3.8, 4) is 22.8 Å². The smallest absolute Gasteiger partial charge is 0.278 e. The van der Waals surface area contributed by atoms with E-state index in [1.54, 1.807) is 67.2 Å². The van der Waals surface area contributed by atoms with E-state index in [-0.39, 0.29) is 17.5 Å². The van der Waals surface area contributed by atoms with E-state index in [9.17, 15) is 9.59 Å². The number of morpholine rings is 1. The van der Waals surface area contributed by atoms with Gasteiger partial charge in [0.05, 0.1) is 33.1 Å². The van der Waals surface area contributed by atoms with Gasteiger partial charge in [-0.2, -0.15) is 5.10 Å². The molecule has 0 spiro atoms. The van der Waals surface area contributed by atoms with Gasteiger partial charge in [-0.05, 0) is 48.5 Å². The first kappa shape index (κ1) is 24.3. The van der Waals surface area contributed by atoms with Crippen molar-refractivity contribution in [3.63, 3.8) is 0 Å². The number of amides is 2. The number of anilines is 1. The van der Waals surface area contributed by atoms with Gasteiger partial charge < -0.3 is 24.0 Å². The molecule has 2 amide bonds. The van der Waals surface area contributed by atoms with E-state index in [0.29, 0.717) is 54.7 Å². The van der Waals surface area contributed by atoms with Crippen molar-refractivity contribution in [1.29, 1.82) is 0 Å². The molecule has 0 unspecified atom stereocenters. The van der Waals surface area contributed by atoms with Crippen LogP contribution in [-0.2, 0) is 4.74 Å². The number of rotatable bonds is 6. The molecule has 2 aromatic heterocycles. The predicted molar refractivity (Wildman–Crippen MR) is 137 cm³/mol. The Morgan fingerprint density at radius 1 is 0.946 bits per heavy atom. The van der Waals surface area contributed by atoms with Gasteiger partial charge in [0.2, 0.25) is 0 Å². The lowest BCUT2D eigenvalue weighted by Crippen LogP contribution is -2.40. The monoisotopic (exact) mass is 501 g/mol. The van der Waals surface area contributed by atoms with Crippen LogP contribution in [0.25, 0.3) is 16.9 Å². The Balaban J connectivity index is 1.39. The highest BCUT2D eigenvalue weighted by molar-refractivity contribution is 6.05. The molecule has 2 aromatic carbocycles. The number of hydrogen-bond acceptors (Lipinski definition) is 7. The summed E-state index contributed by atoms with van der Waals surface area (Å²) in [6.45, 7) is 2.24. The van der Waals surface area contributed by atoms with E-state index in [1.807, 2.05) is 24.3 Å². The zero-order chi connectivity index (χ0) is 25.9. The summed E-state index contributed by atoms with van der Waals surface area (Å²) >= 11 is 0. The van der Waals surface area contributed by atoms with Crippen LogP contribution in [0.5, 0.6) is 11.5 Å². The molecular weight excluding hydrogens is 474 g/mol. The van der Waals surface area contributed by atoms with Gasteiger partial charge in [-0.15, -0.1) is 0 Å². The molecule has 1 aliphatic rings. The molecular formula is C27H27N5O5. The molecule has 10 nitrogen and oxygen atoms in total. The molecule has 1 saturated heterocycles. The third-order valence-corrected chi connectivity index (χ3v) is 6.36. The zero-order valence-corrected chi connectivity index (χ0v) is 20.9. The fourth-order valence-electron chi connectivity index (χ4n) is 4.28. The lowest BCUT2D eigenvalue weighted by Gasteiger charge is -2.27.